The zero-order valence-electron chi connectivity index (χ0n) is 11.3. The van der Waals surface area contributed by atoms with Crippen LogP contribution < -0.4 is 10.9 Å². The van der Waals surface area contributed by atoms with Crippen molar-refractivity contribution in [3.63, 3.8) is 0 Å². The lowest BCUT2D eigenvalue weighted by Crippen LogP contribution is -2.42. The summed E-state index contributed by atoms with van der Waals surface area (Å²) in [5.41, 5.74) is 6.77. The summed E-state index contributed by atoms with van der Waals surface area (Å²) >= 11 is 3.87. The Hall–Kier alpha value is -2.54. The van der Waals surface area contributed by atoms with Crippen LogP contribution in [0.1, 0.15) is 16.2 Å². The summed E-state index contributed by atoms with van der Waals surface area (Å²) in [5.74, 6) is -0.957. The predicted molar refractivity (Wildman–Crippen MR) is 83.7 cm³/mol. The van der Waals surface area contributed by atoms with Crippen molar-refractivity contribution in [2.24, 2.45) is 0 Å². The number of H-pyrrole nitrogens is 1. The Kier molecular flexibility index (Phi) is 4.44. The van der Waals surface area contributed by atoms with Gasteiger partial charge in [0.25, 0.3) is 11.8 Å². The van der Waals surface area contributed by atoms with Crippen molar-refractivity contribution < 1.29 is 9.59 Å². The van der Waals surface area contributed by atoms with Crippen LogP contribution in [0.2, 0.25) is 0 Å². The molecule has 7 heteroatoms. The van der Waals surface area contributed by atoms with E-state index in [0.29, 0.717) is 5.69 Å². The summed E-state index contributed by atoms with van der Waals surface area (Å²) in [5, 5.41) is 2.17. The number of hydrogen-bond donors (Lipinski definition) is 4. The molecule has 21 heavy (non-hydrogen) atoms. The van der Waals surface area contributed by atoms with Crippen LogP contribution in [0.15, 0.2) is 42.0 Å². The van der Waals surface area contributed by atoms with E-state index in [1.54, 1.807) is 12.3 Å². The molecule has 0 unspecified atom stereocenters. The maximum atomic E-state index is 12.0. The van der Waals surface area contributed by atoms with Crippen LogP contribution in [-0.4, -0.2) is 21.8 Å². The van der Waals surface area contributed by atoms with E-state index in [0.717, 1.165) is 16.6 Å². The van der Waals surface area contributed by atoms with E-state index in [1.165, 1.54) is 11.5 Å². The monoisotopic (exact) mass is 302 g/mol. The lowest BCUT2D eigenvalue weighted by Gasteiger charge is -2.06. The molecule has 6 nitrogen and oxygen atoms in total. The number of carbonyl (C=O) groups is 2. The quantitative estimate of drug-likeness (QED) is 0.301. The van der Waals surface area contributed by atoms with Gasteiger partial charge < -0.3 is 4.98 Å². The molecule has 2 rings (SSSR count). The Morgan fingerprint density at radius 1 is 1.38 bits per heavy atom. The number of aromatic amines is 1. The third-order valence-electron chi connectivity index (χ3n) is 2.80. The van der Waals surface area contributed by atoms with Crippen LogP contribution in [0.5, 0.6) is 0 Å². The summed E-state index contributed by atoms with van der Waals surface area (Å²) in [6.45, 7) is 5.34. The molecule has 0 aliphatic carbocycles. The SMILES string of the molecule is C=C/C(=C\S)C(=O)NNC(=O)c1cc2cc(C)ncc2[nH]1. The fraction of sp³-hybridized carbons (Fsp3) is 0.0714. The molecular weight excluding hydrogens is 288 g/mol. The molecule has 0 fully saturated rings. The minimum Gasteiger partial charge on any atom is -0.349 e. The number of nitrogens with zero attached hydrogens (tertiary/aromatic N) is 1. The second-order valence-corrected chi connectivity index (χ2v) is 4.55. The molecule has 0 saturated heterocycles. The highest BCUT2D eigenvalue weighted by molar-refractivity contribution is 7.83. The maximum absolute atomic E-state index is 12.0. The van der Waals surface area contributed by atoms with Gasteiger partial charge in [0.2, 0.25) is 0 Å². The molecule has 0 aliphatic heterocycles. The van der Waals surface area contributed by atoms with E-state index in [9.17, 15) is 9.59 Å². The molecule has 0 atom stereocenters. The first-order valence-corrected chi connectivity index (χ1v) is 6.59. The highest BCUT2D eigenvalue weighted by Crippen LogP contribution is 2.14. The molecular formula is C14H14N4O2S. The molecule has 2 aromatic rings. The highest BCUT2D eigenvalue weighted by atomic mass is 32.1. The molecule has 0 bridgehead atoms. The number of carbonyl (C=O) groups excluding carboxylic acids is 2. The van der Waals surface area contributed by atoms with E-state index < -0.39 is 11.8 Å². The van der Waals surface area contributed by atoms with Crippen LogP contribution >= 0.6 is 12.6 Å². The number of fused-ring (bicyclic) bond motifs is 1. The van der Waals surface area contributed by atoms with Gasteiger partial charge in [-0.25, -0.2) is 0 Å². The van der Waals surface area contributed by atoms with Gasteiger partial charge in [-0.1, -0.05) is 12.7 Å². The van der Waals surface area contributed by atoms with Gasteiger partial charge >= 0.3 is 0 Å². The van der Waals surface area contributed by atoms with Gasteiger partial charge in [0.05, 0.1) is 11.7 Å². The summed E-state index contributed by atoms with van der Waals surface area (Å²) in [6.07, 6.45) is 2.99. The normalized spacial score (nSPS) is 11.2. The number of rotatable bonds is 3. The van der Waals surface area contributed by atoms with Crippen LogP contribution in [0.3, 0.4) is 0 Å². The Labute approximate surface area is 126 Å². The maximum Gasteiger partial charge on any atom is 0.286 e. The van der Waals surface area contributed by atoms with Gasteiger partial charge in [0, 0.05) is 16.7 Å². The first kappa shape index (κ1) is 14.9. The Bertz CT molecular complexity index is 749. The van der Waals surface area contributed by atoms with Crippen LogP contribution in [-0.2, 0) is 4.79 Å². The number of thiol groups is 1. The molecule has 2 heterocycles. The Balaban J connectivity index is 2.09. The van der Waals surface area contributed by atoms with Crippen molar-refractivity contribution in [3.05, 3.63) is 53.4 Å². The number of aromatic nitrogens is 2. The van der Waals surface area contributed by atoms with Crippen molar-refractivity contribution in [2.45, 2.75) is 6.92 Å². The average Bonchev–Trinajstić information content (AvgIpc) is 2.89. The number of aryl methyl sites for hydroxylation is 1. The predicted octanol–water partition coefficient (Wildman–Crippen LogP) is 1.63. The molecule has 0 aromatic carbocycles. The third-order valence-corrected chi connectivity index (χ3v) is 3.08. The van der Waals surface area contributed by atoms with Crippen molar-refractivity contribution >= 4 is 35.3 Å². The average molecular weight is 302 g/mol. The van der Waals surface area contributed by atoms with Gasteiger partial charge in [-0.2, -0.15) is 12.6 Å². The fourth-order valence-electron chi connectivity index (χ4n) is 1.72. The Morgan fingerprint density at radius 2 is 2.14 bits per heavy atom. The largest absolute Gasteiger partial charge is 0.349 e. The molecule has 0 radical (unpaired) electrons. The first-order chi connectivity index (χ1) is 10.0. The lowest BCUT2D eigenvalue weighted by molar-refractivity contribution is -0.117. The van der Waals surface area contributed by atoms with E-state index in [1.807, 2.05) is 13.0 Å². The number of hydrogen-bond acceptors (Lipinski definition) is 4. The van der Waals surface area contributed by atoms with E-state index in [4.69, 9.17) is 0 Å². The zero-order valence-corrected chi connectivity index (χ0v) is 12.2. The molecule has 2 aromatic heterocycles. The summed E-state index contributed by atoms with van der Waals surface area (Å²) < 4.78 is 0. The van der Waals surface area contributed by atoms with Gasteiger partial charge in [0.15, 0.2) is 0 Å². The minimum atomic E-state index is -0.498. The van der Waals surface area contributed by atoms with E-state index >= 15 is 0 Å². The zero-order chi connectivity index (χ0) is 15.4. The second-order valence-electron chi connectivity index (χ2n) is 4.29. The molecule has 108 valence electrons. The lowest BCUT2D eigenvalue weighted by atomic mass is 10.2. The first-order valence-electron chi connectivity index (χ1n) is 6.08. The third kappa shape index (κ3) is 3.32. The molecule has 3 N–H and O–H groups in total. The minimum absolute atomic E-state index is 0.245. The molecule has 0 aliphatic rings. The van der Waals surface area contributed by atoms with Crippen molar-refractivity contribution in [2.75, 3.05) is 0 Å². The number of pyridine rings is 1. The van der Waals surface area contributed by atoms with Crippen molar-refractivity contribution in [1.82, 2.24) is 20.8 Å². The van der Waals surface area contributed by atoms with Crippen LogP contribution in [0.4, 0.5) is 0 Å². The van der Waals surface area contributed by atoms with Gasteiger partial charge in [-0.3, -0.25) is 25.4 Å². The highest BCUT2D eigenvalue weighted by Gasteiger charge is 2.11. The molecule has 0 saturated carbocycles. The molecule has 2 amide bonds. The van der Waals surface area contributed by atoms with Crippen LogP contribution in [0, 0.1) is 6.92 Å². The van der Waals surface area contributed by atoms with Gasteiger partial charge in [0.1, 0.15) is 5.69 Å². The summed E-state index contributed by atoms with van der Waals surface area (Å²) in [7, 11) is 0. The standard InChI is InChI=1S/C14H14N4O2S/c1-3-9(7-21)13(19)17-18-14(20)11-5-10-4-8(2)15-6-12(10)16-11/h3-7,16,21H,1H2,2H3,(H,17,19)(H,18,20)/b9-7+. The van der Waals surface area contributed by atoms with Crippen molar-refractivity contribution in [3.8, 4) is 0 Å². The van der Waals surface area contributed by atoms with E-state index in [2.05, 4.69) is 40.0 Å². The second kappa shape index (κ2) is 6.27. The smallest absolute Gasteiger partial charge is 0.286 e. The number of amides is 2. The van der Waals surface area contributed by atoms with E-state index in [-0.39, 0.29) is 5.57 Å². The van der Waals surface area contributed by atoms with Crippen LogP contribution in [0.25, 0.3) is 10.9 Å². The number of nitrogens with one attached hydrogen (secondary N) is 3. The number of hydrazine groups is 1. The van der Waals surface area contributed by atoms with Crippen molar-refractivity contribution in [1.29, 1.82) is 0 Å². The molecule has 0 spiro atoms. The van der Waals surface area contributed by atoms with Gasteiger partial charge in [-0.15, -0.1) is 0 Å². The van der Waals surface area contributed by atoms with Gasteiger partial charge in [-0.05, 0) is 24.5 Å². The summed E-state index contributed by atoms with van der Waals surface area (Å²) in [4.78, 5) is 30.7. The fourth-order valence-corrected chi connectivity index (χ4v) is 1.94. The summed E-state index contributed by atoms with van der Waals surface area (Å²) in [6, 6.07) is 3.55. The topological polar surface area (TPSA) is 86.9 Å². The Morgan fingerprint density at radius 3 is 2.81 bits per heavy atom.